The minimum atomic E-state index is -0.239. The molecule has 0 bridgehead atoms. The quantitative estimate of drug-likeness (QED) is 0.0514. The largest absolute Gasteiger partial charge is 0.466 e. The van der Waals surface area contributed by atoms with Crippen LogP contribution in [0.1, 0.15) is 221 Å². The summed E-state index contributed by atoms with van der Waals surface area (Å²) < 4.78 is 10.6. The fourth-order valence-corrected chi connectivity index (χ4v) is 6.32. The number of rotatable bonds is 37. The molecule has 0 fully saturated rings. The maximum Gasteiger partial charge on any atom is 0.308 e. The van der Waals surface area contributed by atoms with Crippen LogP contribution in [0.3, 0.4) is 0 Å². The Balaban J connectivity index is 0. The molecule has 1 N–H and O–H groups in total. The lowest BCUT2D eigenvalue weighted by atomic mass is 9.94. The number of unbranched alkanes of at least 4 members (excludes halogenated alkanes) is 22. The SMILES string of the molecule is CCCCCCCCC(CCCCCC)C(=O)OCCCCN(CCO)CCCCOC(C)=O.CCCCCCCCCCCCCCC. The molecule has 0 rings (SSSR count). The van der Waals surface area contributed by atoms with E-state index in [1.54, 1.807) is 0 Å². The van der Waals surface area contributed by atoms with E-state index in [0.29, 0.717) is 19.8 Å². The lowest BCUT2D eigenvalue weighted by molar-refractivity contribution is -0.149. The van der Waals surface area contributed by atoms with Gasteiger partial charge in [-0.2, -0.15) is 0 Å². The summed E-state index contributed by atoms with van der Waals surface area (Å²) in [6.07, 6.45) is 36.7. The lowest BCUT2D eigenvalue weighted by Gasteiger charge is -2.21. The van der Waals surface area contributed by atoms with Gasteiger partial charge in [0.25, 0.3) is 0 Å². The Hall–Kier alpha value is -1.14. The van der Waals surface area contributed by atoms with Crippen molar-refractivity contribution in [2.45, 2.75) is 221 Å². The van der Waals surface area contributed by atoms with E-state index >= 15 is 0 Å². The molecule has 294 valence electrons. The van der Waals surface area contributed by atoms with Crippen molar-refractivity contribution >= 4 is 11.9 Å². The zero-order chi connectivity index (χ0) is 36.5. The van der Waals surface area contributed by atoms with Gasteiger partial charge in [-0.15, -0.1) is 0 Å². The van der Waals surface area contributed by atoms with Crippen molar-refractivity contribution in [3.05, 3.63) is 0 Å². The third kappa shape index (κ3) is 41.2. The van der Waals surface area contributed by atoms with Crippen LogP contribution >= 0.6 is 0 Å². The first kappa shape index (κ1) is 50.0. The summed E-state index contributed by atoms with van der Waals surface area (Å²) in [6, 6.07) is 0. The van der Waals surface area contributed by atoms with Crippen molar-refractivity contribution in [1.29, 1.82) is 0 Å². The van der Waals surface area contributed by atoms with Crippen LogP contribution in [0.25, 0.3) is 0 Å². The number of hydrogen-bond acceptors (Lipinski definition) is 6. The maximum absolute atomic E-state index is 12.7. The number of aliphatic hydroxyl groups is 1. The molecule has 0 radical (unpaired) electrons. The minimum absolute atomic E-state index is 0.00254. The summed E-state index contributed by atoms with van der Waals surface area (Å²) in [6.45, 7) is 13.9. The van der Waals surface area contributed by atoms with Crippen LogP contribution in [0.2, 0.25) is 0 Å². The Morgan fingerprint density at radius 1 is 0.469 bits per heavy atom. The average molecular weight is 698 g/mol. The van der Waals surface area contributed by atoms with Gasteiger partial charge in [-0.1, -0.05) is 175 Å². The van der Waals surface area contributed by atoms with Crippen LogP contribution in [0.5, 0.6) is 0 Å². The first-order valence-corrected chi connectivity index (χ1v) is 21.6. The van der Waals surface area contributed by atoms with E-state index in [0.717, 1.165) is 64.5 Å². The third-order valence-electron chi connectivity index (χ3n) is 9.56. The lowest BCUT2D eigenvalue weighted by Crippen LogP contribution is -2.29. The predicted molar refractivity (Wildman–Crippen MR) is 211 cm³/mol. The number of hydrogen-bond donors (Lipinski definition) is 1. The van der Waals surface area contributed by atoms with E-state index in [1.165, 1.54) is 142 Å². The van der Waals surface area contributed by atoms with Crippen LogP contribution < -0.4 is 0 Å². The molecule has 0 aliphatic carbocycles. The highest BCUT2D eigenvalue weighted by Crippen LogP contribution is 2.21. The van der Waals surface area contributed by atoms with Gasteiger partial charge >= 0.3 is 11.9 Å². The first-order chi connectivity index (χ1) is 24.0. The molecule has 0 saturated carbocycles. The van der Waals surface area contributed by atoms with Gasteiger partial charge in [0.15, 0.2) is 0 Å². The van der Waals surface area contributed by atoms with Crippen molar-refractivity contribution in [3.63, 3.8) is 0 Å². The van der Waals surface area contributed by atoms with Crippen LogP contribution in [-0.4, -0.2) is 61.4 Å². The monoisotopic (exact) mass is 698 g/mol. The normalized spacial score (nSPS) is 11.7. The number of ether oxygens (including phenoxy) is 2. The molecule has 0 aromatic carbocycles. The van der Waals surface area contributed by atoms with Gasteiger partial charge in [0, 0.05) is 13.5 Å². The van der Waals surface area contributed by atoms with E-state index in [2.05, 4.69) is 32.6 Å². The number of aliphatic hydroxyl groups excluding tert-OH is 1. The highest BCUT2D eigenvalue weighted by atomic mass is 16.5. The molecule has 0 aromatic rings. The van der Waals surface area contributed by atoms with E-state index in [4.69, 9.17) is 9.47 Å². The number of nitrogens with zero attached hydrogens (tertiary/aromatic N) is 1. The van der Waals surface area contributed by atoms with Gasteiger partial charge in [0.1, 0.15) is 0 Å². The van der Waals surface area contributed by atoms with E-state index in [1.807, 2.05) is 0 Å². The Bertz CT molecular complexity index is 646. The molecular formula is C43H87NO5. The molecular weight excluding hydrogens is 610 g/mol. The second kappa shape index (κ2) is 43.0. The topological polar surface area (TPSA) is 76.1 Å². The third-order valence-corrected chi connectivity index (χ3v) is 9.56. The van der Waals surface area contributed by atoms with Gasteiger partial charge < -0.3 is 19.5 Å². The Morgan fingerprint density at radius 2 is 0.816 bits per heavy atom. The molecule has 6 nitrogen and oxygen atoms in total. The van der Waals surface area contributed by atoms with E-state index < -0.39 is 0 Å². The molecule has 1 atom stereocenters. The summed E-state index contributed by atoms with van der Waals surface area (Å²) in [5.74, 6) is -0.175. The van der Waals surface area contributed by atoms with Crippen LogP contribution in [-0.2, 0) is 19.1 Å². The molecule has 49 heavy (non-hydrogen) atoms. The summed E-state index contributed by atoms with van der Waals surface area (Å²) in [5, 5.41) is 9.30. The Kier molecular flexibility index (Phi) is 43.9. The molecule has 0 saturated heterocycles. The second-order valence-corrected chi connectivity index (χ2v) is 14.5. The second-order valence-electron chi connectivity index (χ2n) is 14.5. The van der Waals surface area contributed by atoms with Crippen molar-refractivity contribution < 1.29 is 24.2 Å². The highest BCUT2D eigenvalue weighted by molar-refractivity contribution is 5.72. The van der Waals surface area contributed by atoms with Crippen molar-refractivity contribution in [2.24, 2.45) is 5.92 Å². The number of esters is 2. The Labute approximate surface area is 306 Å². The van der Waals surface area contributed by atoms with E-state index in [-0.39, 0.29) is 24.5 Å². The van der Waals surface area contributed by atoms with Crippen molar-refractivity contribution in [2.75, 3.05) is 39.5 Å². The van der Waals surface area contributed by atoms with Crippen LogP contribution in [0.4, 0.5) is 0 Å². The smallest absolute Gasteiger partial charge is 0.308 e. The zero-order valence-electron chi connectivity index (χ0n) is 33.9. The van der Waals surface area contributed by atoms with Crippen molar-refractivity contribution in [3.8, 4) is 0 Å². The molecule has 0 spiro atoms. The fraction of sp³-hybridized carbons (Fsp3) is 0.953. The molecule has 0 aliphatic heterocycles. The summed E-state index contributed by atoms with van der Waals surface area (Å²) in [7, 11) is 0. The van der Waals surface area contributed by atoms with Gasteiger partial charge in [-0.25, -0.2) is 0 Å². The molecule has 0 heterocycles. The fourth-order valence-electron chi connectivity index (χ4n) is 6.32. The van der Waals surface area contributed by atoms with Gasteiger partial charge in [0.05, 0.1) is 25.7 Å². The number of carbonyl (C=O) groups excluding carboxylic acids is 2. The molecule has 0 amide bonds. The predicted octanol–water partition coefficient (Wildman–Crippen LogP) is 12.4. The summed E-state index contributed by atoms with van der Waals surface area (Å²) >= 11 is 0. The molecule has 0 aromatic heterocycles. The van der Waals surface area contributed by atoms with Gasteiger partial charge in [-0.3, -0.25) is 9.59 Å². The van der Waals surface area contributed by atoms with E-state index in [9.17, 15) is 14.7 Å². The van der Waals surface area contributed by atoms with Crippen LogP contribution in [0.15, 0.2) is 0 Å². The molecule has 1 unspecified atom stereocenters. The molecule has 6 heteroatoms. The summed E-state index contributed by atoms with van der Waals surface area (Å²) in [4.78, 5) is 25.8. The molecule has 0 aliphatic rings. The Morgan fingerprint density at radius 3 is 1.18 bits per heavy atom. The standard InChI is InChI=1S/C28H55NO5.C15H32/c1-4-6-8-10-11-13-19-27(18-12-9-7-5-2)28(32)34-25-17-15-21-29(22-23-30)20-14-16-24-33-26(3)31;1-3-5-7-9-11-13-15-14-12-10-8-6-4-2/h27,30H,4-25H2,1-3H3;3-15H2,1-2H3. The summed E-state index contributed by atoms with van der Waals surface area (Å²) in [5.41, 5.74) is 0. The highest BCUT2D eigenvalue weighted by Gasteiger charge is 2.19. The van der Waals surface area contributed by atoms with Crippen LogP contribution in [0, 0.1) is 5.92 Å². The maximum atomic E-state index is 12.7. The average Bonchev–Trinajstić information content (AvgIpc) is 3.09. The van der Waals surface area contributed by atoms with Gasteiger partial charge in [0.2, 0.25) is 0 Å². The number of carbonyl (C=O) groups is 2. The van der Waals surface area contributed by atoms with Gasteiger partial charge in [-0.05, 0) is 51.6 Å². The minimum Gasteiger partial charge on any atom is -0.466 e. The zero-order valence-corrected chi connectivity index (χ0v) is 33.9. The first-order valence-electron chi connectivity index (χ1n) is 21.6. The van der Waals surface area contributed by atoms with Crippen molar-refractivity contribution in [1.82, 2.24) is 4.90 Å².